The second-order valence-corrected chi connectivity index (χ2v) is 4.98. The Morgan fingerprint density at radius 1 is 1.35 bits per heavy atom. The summed E-state index contributed by atoms with van der Waals surface area (Å²) in [6, 6.07) is 5.06. The summed E-state index contributed by atoms with van der Waals surface area (Å²) in [5, 5.41) is 11.3. The molecule has 0 aliphatic rings. The minimum absolute atomic E-state index is 0.122. The Morgan fingerprint density at radius 3 is 2.75 bits per heavy atom. The van der Waals surface area contributed by atoms with Crippen molar-refractivity contribution in [2.24, 2.45) is 0 Å². The number of carboxylic acid groups (broad SMARTS) is 1. The fourth-order valence-corrected chi connectivity index (χ4v) is 1.94. The standard InChI is InChI=1S/C12H13BrClNO5/c13-8-1-2-10(9(14)5-8)20-6-11(16)15-3-4-19-7-12(17)18/h1-2,5H,3-4,6-7H2,(H,15,16)(H,17,18). The summed E-state index contributed by atoms with van der Waals surface area (Å²) < 4.78 is 10.8. The monoisotopic (exact) mass is 365 g/mol. The Bertz CT molecular complexity index is 483. The van der Waals surface area contributed by atoms with Gasteiger partial charge >= 0.3 is 5.97 Å². The molecule has 1 rings (SSSR count). The normalized spacial score (nSPS) is 10.1. The third kappa shape index (κ3) is 6.74. The molecule has 20 heavy (non-hydrogen) atoms. The van der Waals surface area contributed by atoms with Gasteiger partial charge in [-0.15, -0.1) is 0 Å². The molecular weight excluding hydrogens is 353 g/mol. The summed E-state index contributed by atoms with van der Waals surface area (Å²) in [6.45, 7) is -0.234. The van der Waals surface area contributed by atoms with Crippen LogP contribution in [0.1, 0.15) is 0 Å². The lowest BCUT2D eigenvalue weighted by molar-refractivity contribution is -0.142. The number of benzene rings is 1. The van der Waals surface area contributed by atoms with Crippen molar-refractivity contribution in [3.63, 3.8) is 0 Å². The van der Waals surface area contributed by atoms with E-state index < -0.39 is 5.97 Å². The van der Waals surface area contributed by atoms with Crippen LogP contribution in [0.25, 0.3) is 0 Å². The van der Waals surface area contributed by atoms with Gasteiger partial charge in [0.2, 0.25) is 0 Å². The molecule has 0 saturated carbocycles. The molecule has 110 valence electrons. The molecule has 0 aromatic heterocycles. The maximum absolute atomic E-state index is 11.4. The highest BCUT2D eigenvalue weighted by Crippen LogP contribution is 2.27. The van der Waals surface area contributed by atoms with E-state index in [0.717, 1.165) is 4.47 Å². The number of carbonyl (C=O) groups is 2. The topological polar surface area (TPSA) is 84.9 Å². The molecule has 0 aliphatic carbocycles. The van der Waals surface area contributed by atoms with Crippen molar-refractivity contribution in [3.8, 4) is 5.75 Å². The number of hydrogen-bond donors (Lipinski definition) is 2. The quantitative estimate of drug-likeness (QED) is 0.684. The van der Waals surface area contributed by atoms with Crippen LogP contribution in [0.3, 0.4) is 0 Å². The van der Waals surface area contributed by atoms with E-state index in [-0.39, 0.29) is 32.3 Å². The molecule has 0 spiro atoms. The van der Waals surface area contributed by atoms with E-state index in [0.29, 0.717) is 10.8 Å². The number of halogens is 2. The predicted molar refractivity (Wildman–Crippen MR) is 76.1 cm³/mol. The lowest BCUT2D eigenvalue weighted by Crippen LogP contribution is -2.32. The van der Waals surface area contributed by atoms with Crippen LogP contribution in [0.15, 0.2) is 22.7 Å². The number of amides is 1. The van der Waals surface area contributed by atoms with Crippen LogP contribution in [0.5, 0.6) is 5.75 Å². The van der Waals surface area contributed by atoms with Gasteiger partial charge < -0.3 is 19.9 Å². The molecule has 0 aliphatic heterocycles. The Labute approximate surface area is 129 Å². The highest BCUT2D eigenvalue weighted by atomic mass is 79.9. The van der Waals surface area contributed by atoms with E-state index in [1.807, 2.05) is 0 Å². The van der Waals surface area contributed by atoms with Crippen LogP contribution in [-0.2, 0) is 14.3 Å². The molecule has 0 atom stereocenters. The molecule has 0 heterocycles. The van der Waals surface area contributed by atoms with E-state index >= 15 is 0 Å². The summed E-state index contributed by atoms with van der Waals surface area (Å²) in [7, 11) is 0. The number of aliphatic carboxylic acids is 1. The number of carboxylic acids is 1. The summed E-state index contributed by atoms with van der Waals surface area (Å²) in [5.74, 6) is -0.986. The van der Waals surface area contributed by atoms with Gasteiger partial charge in [-0.3, -0.25) is 4.79 Å². The minimum atomic E-state index is -1.05. The second kappa shape index (κ2) is 8.78. The molecular formula is C12H13BrClNO5. The first-order valence-corrected chi connectivity index (χ1v) is 6.80. The zero-order chi connectivity index (χ0) is 15.0. The maximum atomic E-state index is 11.4. The van der Waals surface area contributed by atoms with Crippen LogP contribution in [0.2, 0.25) is 5.02 Å². The SMILES string of the molecule is O=C(O)COCCNC(=O)COc1ccc(Br)cc1Cl. The molecule has 1 aromatic carbocycles. The smallest absolute Gasteiger partial charge is 0.329 e. The number of ether oxygens (including phenoxy) is 2. The lowest BCUT2D eigenvalue weighted by atomic mass is 10.3. The fourth-order valence-electron chi connectivity index (χ4n) is 1.21. The first-order chi connectivity index (χ1) is 9.49. The number of hydrogen-bond acceptors (Lipinski definition) is 4. The Morgan fingerprint density at radius 2 is 2.10 bits per heavy atom. The first kappa shape index (κ1) is 16.7. The van der Waals surface area contributed by atoms with Gasteiger partial charge in [0.1, 0.15) is 12.4 Å². The maximum Gasteiger partial charge on any atom is 0.329 e. The minimum Gasteiger partial charge on any atom is -0.482 e. The fraction of sp³-hybridized carbons (Fsp3) is 0.333. The molecule has 0 bridgehead atoms. The van der Waals surface area contributed by atoms with Crippen molar-refractivity contribution >= 4 is 39.4 Å². The predicted octanol–water partition coefficient (Wildman–Crippen LogP) is 1.70. The molecule has 0 fully saturated rings. The Kier molecular flexibility index (Phi) is 7.35. The van der Waals surface area contributed by atoms with Crippen LogP contribution in [0.4, 0.5) is 0 Å². The van der Waals surface area contributed by atoms with Gasteiger partial charge in [-0.2, -0.15) is 0 Å². The van der Waals surface area contributed by atoms with E-state index in [4.69, 9.17) is 26.2 Å². The van der Waals surface area contributed by atoms with E-state index in [1.54, 1.807) is 18.2 Å². The third-order valence-corrected chi connectivity index (χ3v) is 2.84. The first-order valence-electron chi connectivity index (χ1n) is 5.63. The molecule has 0 unspecified atom stereocenters. The Balaban J connectivity index is 2.21. The van der Waals surface area contributed by atoms with Gasteiger partial charge in [0.05, 0.1) is 11.6 Å². The summed E-state index contributed by atoms with van der Waals surface area (Å²) in [6.07, 6.45) is 0. The Hall–Kier alpha value is -1.31. The van der Waals surface area contributed by atoms with Crippen LogP contribution >= 0.6 is 27.5 Å². The highest BCUT2D eigenvalue weighted by molar-refractivity contribution is 9.10. The number of nitrogens with one attached hydrogen (secondary N) is 1. The van der Waals surface area contributed by atoms with Crippen LogP contribution in [0, 0.1) is 0 Å². The van der Waals surface area contributed by atoms with Crippen LogP contribution < -0.4 is 10.1 Å². The lowest BCUT2D eigenvalue weighted by Gasteiger charge is -2.09. The van der Waals surface area contributed by atoms with Gasteiger partial charge in [-0.1, -0.05) is 27.5 Å². The third-order valence-electron chi connectivity index (χ3n) is 2.05. The second-order valence-electron chi connectivity index (χ2n) is 3.66. The zero-order valence-electron chi connectivity index (χ0n) is 10.4. The average Bonchev–Trinajstić information content (AvgIpc) is 2.37. The van der Waals surface area contributed by atoms with Crippen LogP contribution in [-0.4, -0.2) is 43.3 Å². The van der Waals surface area contributed by atoms with Crippen molar-refractivity contribution in [2.75, 3.05) is 26.4 Å². The summed E-state index contributed by atoms with van der Waals surface area (Å²) >= 11 is 9.19. The van der Waals surface area contributed by atoms with Crippen molar-refractivity contribution in [3.05, 3.63) is 27.7 Å². The van der Waals surface area contributed by atoms with Crippen molar-refractivity contribution < 1.29 is 24.2 Å². The van der Waals surface area contributed by atoms with Gasteiger partial charge in [-0.05, 0) is 18.2 Å². The van der Waals surface area contributed by atoms with Gasteiger partial charge in [0.15, 0.2) is 6.61 Å². The molecule has 1 amide bonds. The van der Waals surface area contributed by atoms with Gasteiger partial charge in [0.25, 0.3) is 5.91 Å². The molecule has 0 radical (unpaired) electrons. The molecule has 2 N–H and O–H groups in total. The van der Waals surface area contributed by atoms with Crippen molar-refractivity contribution in [2.45, 2.75) is 0 Å². The number of rotatable bonds is 8. The summed E-state index contributed by atoms with van der Waals surface area (Å²) in [5.41, 5.74) is 0. The molecule has 6 nitrogen and oxygen atoms in total. The largest absolute Gasteiger partial charge is 0.482 e. The average molecular weight is 367 g/mol. The van der Waals surface area contributed by atoms with Gasteiger partial charge in [0, 0.05) is 11.0 Å². The molecule has 1 aromatic rings. The van der Waals surface area contributed by atoms with Crippen molar-refractivity contribution in [1.29, 1.82) is 0 Å². The van der Waals surface area contributed by atoms with Gasteiger partial charge in [-0.25, -0.2) is 4.79 Å². The number of carbonyl (C=O) groups excluding carboxylic acids is 1. The highest BCUT2D eigenvalue weighted by Gasteiger charge is 2.06. The molecule has 8 heteroatoms. The van der Waals surface area contributed by atoms with E-state index in [2.05, 4.69) is 21.2 Å². The van der Waals surface area contributed by atoms with E-state index in [1.165, 1.54) is 0 Å². The summed E-state index contributed by atoms with van der Waals surface area (Å²) in [4.78, 5) is 21.6. The van der Waals surface area contributed by atoms with E-state index in [9.17, 15) is 9.59 Å². The molecule has 0 saturated heterocycles. The zero-order valence-corrected chi connectivity index (χ0v) is 12.7. The van der Waals surface area contributed by atoms with Crippen molar-refractivity contribution in [1.82, 2.24) is 5.32 Å².